The molecule has 2 aromatic rings. The number of hydrogen-bond acceptors (Lipinski definition) is 6. The predicted octanol–water partition coefficient (Wildman–Crippen LogP) is 2.29. The molecular formula is C16H19ClN6S2. The third-order valence-corrected chi connectivity index (χ3v) is 5.29. The molecule has 0 amide bonds. The molecule has 1 aliphatic rings. The summed E-state index contributed by atoms with van der Waals surface area (Å²) in [6.07, 6.45) is 1.53. The number of piperazine rings is 1. The Labute approximate surface area is 161 Å². The van der Waals surface area contributed by atoms with Gasteiger partial charge in [0.25, 0.3) is 0 Å². The second-order valence-corrected chi connectivity index (χ2v) is 7.66. The summed E-state index contributed by atoms with van der Waals surface area (Å²) in [5.41, 5.74) is 9.80. The zero-order valence-electron chi connectivity index (χ0n) is 13.6. The van der Waals surface area contributed by atoms with Crippen molar-refractivity contribution < 1.29 is 0 Å². The van der Waals surface area contributed by atoms with Crippen LogP contribution in [-0.4, -0.2) is 47.4 Å². The molecule has 1 saturated heterocycles. The molecule has 9 heteroatoms. The summed E-state index contributed by atoms with van der Waals surface area (Å²) in [6.45, 7) is 4.84. The van der Waals surface area contributed by atoms with E-state index in [0.717, 1.165) is 37.9 Å². The molecule has 0 radical (unpaired) electrons. The Morgan fingerprint density at radius 1 is 1.32 bits per heavy atom. The number of anilines is 1. The molecular weight excluding hydrogens is 376 g/mol. The van der Waals surface area contributed by atoms with Gasteiger partial charge in [-0.25, -0.2) is 4.98 Å². The van der Waals surface area contributed by atoms with E-state index >= 15 is 0 Å². The summed E-state index contributed by atoms with van der Waals surface area (Å²) < 4.78 is 0.607. The van der Waals surface area contributed by atoms with E-state index in [2.05, 4.69) is 49.6 Å². The van der Waals surface area contributed by atoms with E-state index < -0.39 is 0 Å². The summed E-state index contributed by atoms with van der Waals surface area (Å²) in [4.78, 5) is 9.27. The van der Waals surface area contributed by atoms with E-state index in [4.69, 9.17) is 29.6 Å². The van der Waals surface area contributed by atoms with Crippen molar-refractivity contribution in [2.45, 2.75) is 6.54 Å². The molecule has 3 N–H and O–H groups in total. The molecule has 1 aromatic carbocycles. The maximum absolute atomic E-state index is 6.25. The van der Waals surface area contributed by atoms with Crippen LogP contribution in [0.25, 0.3) is 0 Å². The first-order chi connectivity index (χ1) is 12.1. The number of halogens is 1. The van der Waals surface area contributed by atoms with Crippen molar-refractivity contribution in [2.75, 3.05) is 31.1 Å². The molecule has 0 saturated carbocycles. The Balaban J connectivity index is 1.56. The lowest BCUT2D eigenvalue weighted by Gasteiger charge is -2.34. The molecule has 1 fully saturated rings. The summed E-state index contributed by atoms with van der Waals surface area (Å²) in [7, 11) is 0. The predicted molar refractivity (Wildman–Crippen MR) is 109 cm³/mol. The van der Waals surface area contributed by atoms with Crippen molar-refractivity contribution in [3.8, 4) is 0 Å². The molecule has 0 bridgehead atoms. The molecule has 6 nitrogen and oxygen atoms in total. The summed E-state index contributed by atoms with van der Waals surface area (Å²) in [6, 6.07) is 10.5. The van der Waals surface area contributed by atoms with Crippen LogP contribution in [0.4, 0.5) is 5.13 Å². The fraction of sp³-hybridized carbons (Fsp3) is 0.312. The van der Waals surface area contributed by atoms with Gasteiger partial charge in [-0.05, 0) is 17.8 Å². The zero-order chi connectivity index (χ0) is 17.6. The first-order valence-electron chi connectivity index (χ1n) is 7.88. The van der Waals surface area contributed by atoms with Gasteiger partial charge in [0.2, 0.25) is 0 Å². The second kappa shape index (κ2) is 8.57. The van der Waals surface area contributed by atoms with Gasteiger partial charge in [-0.3, -0.25) is 10.3 Å². The van der Waals surface area contributed by atoms with Gasteiger partial charge in [-0.15, -0.1) is 0 Å². The average molecular weight is 395 g/mol. The Morgan fingerprint density at radius 2 is 2.04 bits per heavy atom. The Morgan fingerprint density at radius 3 is 2.72 bits per heavy atom. The standard InChI is InChI=1S/C16H19ClN6S2/c17-14-13(10-19-21-15(18)24)20-16(25-14)23-8-6-22(7-9-23)11-12-4-2-1-3-5-12/h1-5,10H,6-9,11H2,(H3,18,21,24)/b19-10+. The molecule has 0 unspecified atom stereocenters. The number of aromatic nitrogens is 1. The minimum Gasteiger partial charge on any atom is -0.375 e. The van der Waals surface area contributed by atoms with E-state index in [1.807, 2.05) is 6.07 Å². The zero-order valence-corrected chi connectivity index (χ0v) is 15.9. The SMILES string of the molecule is NC(=S)N/N=C/c1nc(N2CCN(Cc3ccccc3)CC2)sc1Cl. The number of hydrogen-bond donors (Lipinski definition) is 2. The number of rotatable bonds is 5. The van der Waals surface area contributed by atoms with Gasteiger partial charge in [0.15, 0.2) is 10.2 Å². The molecule has 1 aliphatic heterocycles. The quantitative estimate of drug-likeness (QED) is 0.460. The van der Waals surface area contributed by atoms with Crippen molar-refractivity contribution in [2.24, 2.45) is 10.8 Å². The molecule has 2 heterocycles. The highest BCUT2D eigenvalue weighted by atomic mass is 35.5. The molecule has 1 aromatic heterocycles. The van der Waals surface area contributed by atoms with Crippen molar-refractivity contribution in [1.29, 1.82) is 0 Å². The van der Waals surface area contributed by atoms with E-state index in [-0.39, 0.29) is 5.11 Å². The number of thiocarbonyl (C=S) groups is 1. The normalized spacial score (nSPS) is 15.6. The van der Waals surface area contributed by atoms with Crippen molar-refractivity contribution in [3.05, 3.63) is 45.9 Å². The Hall–Kier alpha value is -1.74. The fourth-order valence-corrected chi connectivity index (χ4v) is 3.78. The van der Waals surface area contributed by atoms with Gasteiger partial charge in [0.05, 0.1) is 6.21 Å². The number of nitrogens with two attached hydrogens (primary N) is 1. The number of hydrazone groups is 1. The van der Waals surface area contributed by atoms with E-state index in [1.165, 1.54) is 23.1 Å². The molecule has 0 aliphatic carbocycles. The van der Waals surface area contributed by atoms with Crippen LogP contribution in [0.2, 0.25) is 4.34 Å². The highest BCUT2D eigenvalue weighted by Gasteiger charge is 2.20. The van der Waals surface area contributed by atoms with E-state index in [0.29, 0.717) is 10.0 Å². The maximum atomic E-state index is 6.25. The second-order valence-electron chi connectivity index (χ2n) is 5.64. The molecule has 3 rings (SSSR count). The van der Waals surface area contributed by atoms with Gasteiger partial charge >= 0.3 is 0 Å². The fourth-order valence-electron chi connectivity index (χ4n) is 2.61. The van der Waals surface area contributed by atoms with Crippen LogP contribution in [-0.2, 0) is 6.54 Å². The minimum atomic E-state index is 0.109. The smallest absolute Gasteiger partial charge is 0.187 e. The summed E-state index contributed by atoms with van der Waals surface area (Å²) in [5.74, 6) is 0. The van der Waals surface area contributed by atoms with Gasteiger partial charge in [-0.1, -0.05) is 53.3 Å². The molecule has 132 valence electrons. The monoisotopic (exact) mass is 394 g/mol. The third kappa shape index (κ3) is 5.12. The van der Waals surface area contributed by atoms with Crippen molar-refractivity contribution in [3.63, 3.8) is 0 Å². The molecule has 0 atom stereocenters. The average Bonchev–Trinajstić information content (AvgIpc) is 2.97. The molecule has 0 spiro atoms. The maximum Gasteiger partial charge on any atom is 0.187 e. The first-order valence-corrected chi connectivity index (χ1v) is 9.48. The van der Waals surface area contributed by atoms with Crippen LogP contribution >= 0.6 is 35.2 Å². The molecule has 25 heavy (non-hydrogen) atoms. The van der Waals surface area contributed by atoms with Crippen molar-refractivity contribution in [1.82, 2.24) is 15.3 Å². The highest BCUT2D eigenvalue weighted by molar-refractivity contribution is 7.80. The van der Waals surface area contributed by atoms with Crippen LogP contribution in [0, 0.1) is 0 Å². The van der Waals surface area contributed by atoms with Crippen LogP contribution in [0.1, 0.15) is 11.3 Å². The largest absolute Gasteiger partial charge is 0.375 e. The van der Waals surface area contributed by atoms with Gasteiger partial charge in [-0.2, -0.15) is 5.10 Å². The van der Waals surface area contributed by atoms with E-state index in [9.17, 15) is 0 Å². The number of benzene rings is 1. The van der Waals surface area contributed by atoms with E-state index in [1.54, 1.807) is 0 Å². The lowest BCUT2D eigenvalue weighted by Crippen LogP contribution is -2.45. The number of nitrogens with zero attached hydrogens (tertiary/aromatic N) is 4. The van der Waals surface area contributed by atoms with Crippen LogP contribution < -0.4 is 16.1 Å². The number of thiazole rings is 1. The van der Waals surface area contributed by atoms with Gasteiger partial charge in [0, 0.05) is 32.7 Å². The van der Waals surface area contributed by atoms with Crippen LogP contribution in [0.3, 0.4) is 0 Å². The summed E-state index contributed by atoms with van der Waals surface area (Å²) >= 11 is 12.4. The Kier molecular flexibility index (Phi) is 6.19. The Bertz CT molecular complexity index is 740. The minimum absolute atomic E-state index is 0.109. The van der Waals surface area contributed by atoms with Gasteiger partial charge in [0.1, 0.15) is 10.0 Å². The number of nitrogens with one attached hydrogen (secondary N) is 1. The lowest BCUT2D eigenvalue weighted by atomic mass is 10.2. The van der Waals surface area contributed by atoms with Crippen molar-refractivity contribution >= 4 is 51.6 Å². The highest BCUT2D eigenvalue weighted by Crippen LogP contribution is 2.30. The third-order valence-electron chi connectivity index (χ3n) is 3.85. The summed E-state index contributed by atoms with van der Waals surface area (Å²) in [5, 5.41) is 4.94. The van der Waals surface area contributed by atoms with Gasteiger partial charge < -0.3 is 10.6 Å². The van der Waals surface area contributed by atoms with Crippen LogP contribution in [0.5, 0.6) is 0 Å². The lowest BCUT2D eigenvalue weighted by molar-refractivity contribution is 0.250. The first kappa shape index (κ1) is 18.1. The van der Waals surface area contributed by atoms with Crippen LogP contribution in [0.15, 0.2) is 35.4 Å². The topological polar surface area (TPSA) is 69.8 Å².